The van der Waals surface area contributed by atoms with Gasteiger partial charge in [0.05, 0.1) is 10.3 Å². The van der Waals surface area contributed by atoms with E-state index in [4.69, 9.17) is 10.1 Å². The Hall–Kier alpha value is -3.30. The van der Waals surface area contributed by atoms with Crippen LogP contribution in [0.3, 0.4) is 0 Å². The molecule has 3 aromatic heterocycles. The monoisotopic (exact) mass is 452 g/mol. The third-order valence-electron chi connectivity index (χ3n) is 5.28. The lowest BCUT2D eigenvalue weighted by atomic mass is 10.2. The fourth-order valence-electron chi connectivity index (χ4n) is 3.60. The highest BCUT2D eigenvalue weighted by Gasteiger charge is 2.24. The van der Waals surface area contributed by atoms with Crippen molar-refractivity contribution in [3.8, 4) is 0 Å². The maximum absolute atomic E-state index is 13.4. The van der Waals surface area contributed by atoms with Crippen LogP contribution >= 0.6 is 0 Å². The molecule has 1 N–H and O–H groups in total. The third kappa shape index (κ3) is 3.85. The molecule has 3 heterocycles. The Morgan fingerprint density at radius 2 is 1.88 bits per heavy atom. The number of hydrogen-bond donors (Lipinski definition) is 1. The minimum absolute atomic E-state index is 0.0747. The summed E-state index contributed by atoms with van der Waals surface area (Å²) in [7, 11) is -4.02. The molecule has 32 heavy (non-hydrogen) atoms. The molecule has 0 fully saturated rings. The number of benzene rings is 1. The summed E-state index contributed by atoms with van der Waals surface area (Å²) in [6.45, 7) is 5.06. The summed E-state index contributed by atoms with van der Waals surface area (Å²) < 4.78 is 35.1. The van der Waals surface area contributed by atoms with Crippen LogP contribution in [-0.2, 0) is 21.1 Å². The van der Waals surface area contributed by atoms with Gasteiger partial charge in [-0.3, -0.25) is 14.6 Å². The third-order valence-corrected chi connectivity index (χ3v) is 7.06. The van der Waals surface area contributed by atoms with Gasteiger partial charge in [0.25, 0.3) is 5.56 Å². The number of ether oxygens (including phenoxy) is 1. The molecule has 8 nitrogen and oxygen atoms in total. The summed E-state index contributed by atoms with van der Waals surface area (Å²) in [6, 6.07) is 12.9. The fraction of sp³-hybridized carbons (Fsp3) is 0.261. The average molecular weight is 453 g/mol. The SMILES string of the molecule is CCOCCCn1c(=N)c(S(=O)(=O)c2ccc(C)cc2)cc2c(=O)n3ccccc3nc21. The smallest absolute Gasteiger partial charge is 0.267 e. The lowest BCUT2D eigenvalue weighted by Crippen LogP contribution is -2.30. The summed E-state index contributed by atoms with van der Waals surface area (Å²) in [4.78, 5) is 17.6. The lowest BCUT2D eigenvalue weighted by molar-refractivity contribution is 0.141. The highest BCUT2D eigenvalue weighted by atomic mass is 32.2. The highest BCUT2D eigenvalue weighted by Crippen LogP contribution is 2.21. The highest BCUT2D eigenvalue weighted by molar-refractivity contribution is 7.91. The van der Waals surface area contributed by atoms with E-state index in [1.165, 1.54) is 27.2 Å². The number of aryl methyl sites for hydroxylation is 2. The summed E-state index contributed by atoms with van der Waals surface area (Å²) in [5.41, 5.74) is 1.04. The number of nitrogens with one attached hydrogen (secondary N) is 1. The van der Waals surface area contributed by atoms with Crippen LogP contribution in [0.5, 0.6) is 0 Å². The number of fused-ring (bicyclic) bond motifs is 2. The average Bonchev–Trinajstić information content (AvgIpc) is 2.78. The number of pyridine rings is 2. The number of hydrogen-bond acceptors (Lipinski definition) is 6. The van der Waals surface area contributed by atoms with E-state index in [-0.39, 0.29) is 31.9 Å². The van der Waals surface area contributed by atoms with Crippen molar-refractivity contribution in [2.24, 2.45) is 0 Å². The van der Waals surface area contributed by atoms with E-state index in [1.807, 2.05) is 13.8 Å². The molecule has 0 spiro atoms. The number of rotatable bonds is 7. The van der Waals surface area contributed by atoms with Crippen LogP contribution in [-0.4, -0.2) is 35.6 Å². The zero-order chi connectivity index (χ0) is 22.9. The van der Waals surface area contributed by atoms with Gasteiger partial charge in [0.1, 0.15) is 21.7 Å². The molecule has 0 bridgehead atoms. The van der Waals surface area contributed by atoms with Gasteiger partial charge in [0, 0.05) is 26.0 Å². The van der Waals surface area contributed by atoms with Crippen LogP contribution in [0.2, 0.25) is 0 Å². The summed E-state index contributed by atoms with van der Waals surface area (Å²) in [5, 5.41) is 8.87. The van der Waals surface area contributed by atoms with Crippen molar-refractivity contribution >= 4 is 26.5 Å². The summed E-state index contributed by atoms with van der Waals surface area (Å²) in [5.74, 6) is 0. The Bertz CT molecular complexity index is 1520. The first-order chi connectivity index (χ1) is 15.3. The van der Waals surface area contributed by atoms with Gasteiger partial charge in [0.15, 0.2) is 0 Å². The predicted molar refractivity (Wildman–Crippen MR) is 121 cm³/mol. The van der Waals surface area contributed by atoms with Crippen molar-refractivity contribution < 1.29 is 13.2 Å². The zero-order valence-corrected chi connectivity index (χ0v) is 18.7. The Labute approximate surface area is 185 Å². The Kier molecular flexibility index (Phi) is 5.94. The standard InChI is InChI=1S/C23H24N4O4S/c1-3-31-14-6-13-27-21(24)19(32(29,30)17-10-8-16(2)9-11-17)15-18-22(27)25-20-7-4-5-12-26(20)23(18)28/h4-5,7-12,15,24H,3,6,13-14H2,1-2H3. The fourth-order valence-corrected chi connectivity index (χ4v) is 4.98. The van der Waals surface area contributed by atoms with Crippen molar-refractivity contribution in [2.75, 3.05) is 13.2 Å². The molecule has 0 atom stereocenters. The first kappa shape index (κ1) is 21.9. The summed E-state index contributed by atoms with van der Waals surface area (Å²) in [6.07, 6.45) is 2.13. The Balaban J connectivity index is 2.01. The van der Waals surface area contributed by atoms with Crippen LogP contribution in [0, 0.1) is 12.3 Å². The van der Waals surface area contributed by atoms with Gasteiger partial charge in [-0.15, -0.1) is 0 Å². The Morgan fingerprint density at radius 1 is 1.12 bits per heavy atom. The van der Waals surface area contributed by atoms with E-state index in [9.17, 15) is 13.2 Å². The second-order valence-corrected chi connectivity index (χ2v) is 9.38. The second-order valence-electron chi connectivity index (χ2n) is 7.46. The molecule has 9 heteroatoms. The van der Waals surface area contributed by atoms with E-state index in [0.29, 0.717) is 31.8 Å². The minimum atomic E-state index is -4.02. The van der Waals surface area contributed by atoms with E-state index in [1.54, 1.807) is 36.5 Å². The molecule has 0 aliphatic carbocycles. The summed E-state index contributed by atoms with van der Waals surface area (Å²) >= 11 is 0. The van der Waals surface area contributed by atoms with Crippen LogP contribution in [0.25, 0.3) is 16.7 Å². The molecule has 0 radical (unpaired) electrons. The second kappa shape index (κ2) is 8.68. The zero-order valence-electron chi connectivity index (χ0n) is 17.9. The van der Waals surface area contributed by atoms with Crippen LogP contribution in [0.15, 0.2) is 69.3 Å². The molecule has 0 unspecified atom stereocenters. The topological polar surface area (TPSA) is 107 Å². The van der Waals surface area contributed by atoms with E-state index in [0.717, 1.165) is 5.56 Å². The molecule has 0 amide bonds. The van der Waals surface area contributed by atoms with Crippen LogP contribution in [0.4, 0.5) is 0 Å². The van der Waals surface area contributed by atoms with Gasteiger partial charge in [-0.2, -0.15) is 0 Å². The largest absolute Gasteiger partial charge is 0.382 e. The van der Waals surface area contributed by atoms with Crippen molar-refractivity contribution in [3.63, 3.8) is 0 Å². The number of nitrogens with zero attached hydrogens (tertiary/aromatic N) is 3. The van der Waals surface area contributed by atoms with Gasteiger partial charge < -0.3 is 9.30 Å². The van der Waals surface area contributed by atoms with Crippen molar-refractivity contribution in [1.82, 2.24) is 14.0 Å². The quantitative estimate of drug-likeness (QED) is 0.343. The molecule has 0 aliphatic rings. The van der Waals surface area contributed by atoms with E-state index >= 15 is 0 Å². The number of sulfone groups is 1. The Morgan fingerprint density at radius 3 is 2.59 bits per heavy atom. The van der Waals surface area contributed by atoms with Crippen molar-refractivity contribution in [1.29, 1.82) is 5.41 Å². The van der Waals surface area contributed by atoms with Crippen molar-refractivity contribution in [3.05, 3.63) is 76.1 Å². The van der Waals surface area contributed by atoms with Gasteiger partial charge in [-0.25, -0.2) is 13.4 Å². The van der Waals surface area contributed by atoms with Crippen molar-refractivity contribution in [2.45, 2.75) is 36.6 Å². The predicted octanol–water partition coefficient (Wildman–Crippen LogP) is 2.70. The van der Waals surface area contributed by atoms with Crippen LogP contribution in [0.1, 0.15) is 18.9 Å². The first-order valence-corrected chi connectivity index (χ1v) is 11.8. The van der Waals surface area contributed by atoms with Crippen LogP contribution < -0.4 is 11.0 Å². The first-order valence-electron chi connectivity index (χ1n) is 10.3. The molecule has 1 aromatic carbocycles. The molecule has 0 saturated heterocycles. The van der Waals surface area contributed by atoms with Gasteiger partial charge in [0.2, 0.25) is 9.84 Å². The van der Waals surface area contributed by atoms with E-state index in [2.05, 4.69) is 4.98 Å². The molecule has 166 valence electrons. The minimum Gasteiger partial charge on any atom is -0.382 e. The van der Waals surface area contributed by atoms with Gasteiger partial charge >= 0.3 is 0 Å². The normalized spacial score (nSPS) is 11.9. The lowest BCUT2D eigenvalue weighted by Gasteiger charge is -2.15. The maximum atomic E-state index is 13.4. The van der Waals surface area contributed by atoms with Gasteiger partial charge in [-0.1, -0.05) is 23.8 Å². The molecule has 4 aromatic rings. The number of aromatic nitrogens is 3. The van der Waals surface area contributed by atoms with Gasteiger partial charge in [-0.05, 0) is 50.6 Å². The molecular formula is C23H24N4O4S. The van der Waals surface area contributed by atoms with E-state index < -0.39 is 9.84 Å². The molecular weight excluding hydrogens is 428 g/mol. The molecule has 4 rings (SSSR count). The molecule has 0 saturated carbocycles. The molecule has 0 aliphatic heterocycles. The maximum Gasteiger partial charge on any atom is 0.267 e.